The maximum Gasteiger partial charge on any atom is 0.444 e. The number of carbonyl (C=O) groups is 2. The van der Waals surface area contributed by atoms with Crippen LogP contribution < -0.4 is 20.1 Å². The van der Waals surface area contributed by atoms with Crippen molar-refractivity contribution in [2.45, 2.75) is 0 Å². The van der Waals surface area contributed by atoms with Crippen LogP contribution in [0.2, 0.25) is 0 Å². The standard InChI is InChI=1S/C25H23N7O3/c1-31(2)21-12-14-32(15-13-21)25-29-23(26-19-8-4-17(16-33)5-9-19)28-24(30-25)27-20-10-6-18(7-11-20)22(34)35-3/h4-16H,1-3H3,(H-,26,27,28,29,30,33,34)/p+1. The van der Waals surface area contributed by atoms with E-state index in [0.29, 0.717) is 40.3 Å². The van der Waals surface area contributed by atoms with Gasteiger partial charge in [0, 0.05) is 36.7 Å². The minimum atomic E-state index is -0.413. The van der Waals surface area contributed by atoms with Crippen molar-refractivity contribution in [3.8, 4) is 5.95 Å². The number of nitrogens with zero attached hydrogens (tertiary/aromatic N) is 5. The molecule has 2 aromatic heterocycles. The van der Waals surface area contributed by atoms with E-state index in [1.807, 2.05) is 43.5 Å². The fraction of sp³-hybridized carbons (Fsp3) is 0.120. The van der Waals surface area contributed by atoms with Gasteiger partial charge in [-0.2, -0.15) is 0 Å². The van der Waals surface area contributed by atoms with Crippen LogP contribution in [0.15, 0.2) is 73.1 Å². The first-order chi connectivity index (χ1) is 16.9. The van der Waals surface area contributed by atoms with Crippen LogP contribution in [0.25, 0.3) is 5.95 Å². The summed E-state index contributed by atoms with van der Waals surface area (Å²) in [6, 6.07) is 17.6. The SMILES string of the molecule is COC(=O)c1ccc(Nc2nc(Nc3ccc(C=O)cc3)nc(-[n+]3ccc(N(C)C)cc3)n2)cc1. The Morgan fingerprint density at radius 1 is 0.857 bits per heavy atom. The Morgan fingerprint density at radius 3 is 1.89 bits per heavy atom. The van der Waals surface area contributed by atoms with Gasteiger partial charge in [0.1, 0.15) is 6.29 Å². The molecule has 4 aromatic rings. The maximum atomic E-state index is 11.7. The molecule has 0 atom stereocenters. The zero-order chi connectivity index (χ0) is 24.8. The number of hydrogen-bond donors (Lipinski definition) is 2. The number of benzene rings is 2. The fourth-order valence-electron chi connectivity index (χ4n) is 3.15. The number of esters is 1. The van der Waals surface area contributed by atoms with E-state index in [1.165, 1.54) is 7.11 Å². The molecule has 0 radical (unpaired) electrons. The summed E-state index contributed by atoms with van der Waals surface area (Å²) in [6.07, 6.45) is 4.51. The van der Waals surface area contributed by atoms with E-state index in [-0.39, 0.29) is 0 Å². The Balaban J connectivity index is 1.67. The molecule has 4 rings (SSSR count). The average molecular weight is 471 g/mol. The lowest BCUT2D eigenvalue weighted by atomic mass is 10.2. The highest BCUT2D eigenvalue weighted by Crippen LogP contribution is 2.19. The van der Waals surface area contributed by atoms with Crippen molar-refractivity contribution in [2.24, 2.45) is 0 Å². The zero-order valence-corrected chi connectivity index (χ0v) is 19.5. The smallest absolute Gasteiger partial charge is 0.444 e. The summed E-state index contributed by atoms with van der Waals surface area (Å²) < 4.78 is 6.52. The van der Waals surface area contributed by atoms with Crippen molar-refractivity contribution in [3.05, 3.63) is 84.2 Å². The lowest BCUT2D eigenvalue weighted by Crippen LogP contribution is -2.33. The highest BCUT2D eigenvalue weighted by molar-refractivity contribution is 5.89. The maximum absolute atomic E-state index is 11.7. The largest absolute Gasteiger partial charge is 0.465 e. The molecule has 2 heterocycles. The summed E-state index contributed by atoms with van der Waals surface area (Å²) in [6.45, 7) is 0. The third kappa shape index (κ3) is 5.74. The van der Waals surface area contributed by atoms with Gasteiger partial charge in [0.2, 0.25) is 0 Å². The second-order valence-corrected chi connectivity index (χ2v) is 7.70. The van der Waals surface area contributed by atoms with Gasteiger partial charge in [-0.05, 0) is 70.6 Å². The molecule has 35 heavy (non-hydrogen) atoms. The number of methoxy groups -OCH3 is 1. The van der Waals surface area contributed by atoms with Gasteiger partial charge in [-0.3, -0.25) is 4.79 Å². The second kappa shape index (κ2) is 10.4. The molecule has 0 bridgehead atoms. The normalized spacial score (nSPS) is 10.4. The van der Waals surface area contributed by atoms with E-state index < -0.39 is 5.97 Å². The Kier molecular flexibility index (Phi) is 6.91. The predicted molar refractivity (Wildman–Crippen MR) is 132 cm³/mol. The van der Waals surface area contributed by atoms with Gasteiger partial charge in [0.15, 0.2) is 0 Å². The summed E-state index contributed by atoms with van der Waals surface area (Å²) in [7, 11) is 5.27. The molecule has 0 saturated carbocycles. The molecule has 0 aliphatic heterocycles. The predicted octanol–water partition coefficient (Wildman–Crippen LogP) is 3.30. The molecule has 0 amide bonds. The van der Waals surface area contributed by atoms with Crippen LogP contribution in [0.5, 0.6) is 0 Å². The van der Waals surface area contributed by atoms with Crippen LogP contribution in [0.1, 0.15) is 20.7 Å². The first-order valence-corrected chi connectivity index (χ1v) is 10.7. The van der Waals surface area contributed by atoms with E-state index in [2.05, 4.69) is 25.6 Å². The molecule has 0 spiro atoms. The van der Waals surface area contributed by atoms with Crippen molar-refractivity contribution < 1.29 is 18.9 Å². The zero-order valence-electron chi connectivity index (χ0n) is 19.5. The number of rotatable bonds is 8. The van der Waals surface area contributed by atoms with Crippen molar-refractivity contribution in [2.75, 3.05) is 36.7 Å². The van der Waals surface area contributed by atoms with Gasteiger partial charge in [-0.1, -0.05) is 0 Å². The highest BCUT2D eigenvalue weighted by atomic mass is 16.5. The quantitative estimate of drug-likeness (QED) is 0.227. The minimum Gasteiger partial charge on any atom is -0.465 e. The topological polar surface area (TPSA) is 113 Å². The lowest BCUT2D eigenvalue weighted by molar-refractivity contribution is -0.603. The molecule has 0 saturated heterocycles. The Labute approximate surface area is 202 Å². The summed E-state index contributed by atoms with van der Waals surface area (Å²) in [5.41, 5.74) is 3.44. The van der Waals surface area contributed by atoms with Crippen molar-refractivity contribution in [1.29, 1.82) is 0 Å². The first-order valence-electron chi connectivity index (χ1n) is 10.7. The number of hydrogen-bond acceptors (Lipinski definition) is 9. The van der Waals surface area contributed by atoms with E-state index in [0.717, 1.165) is 12.0 Å². The molecule has 10 nitrogen and oxygen atoms in total. The monoisotopic (exact) mass is 470 g/mol. The van der Waals surface area contributed by atoms with Crippen LogP contribution in [0.4, 0.5) is 29.0 Å². The molecule has 0 unspecified atom stereocenters. The second-order valence-electron chi connectivity index (χ2n) is 7.70. The summed E-state index contributed by atoms with van der Waals surface area (Å²) in [5.74, 6) is 0.596. The molecule has 2 N–H and O–H groups in total. The van der Waals surface area contributed by atoms with Gasteiger partial charge in [-0.25, -0.2) is 9.36 Å². The Hall–Kier alpha value is -4.86. The lowest BCUT2D eigenvalue weighted by Gasteiger charge is -2.11. The number of carbonyl (C=O) groups excluding carboxylic acids is 2. The molecular formula is C25H24N7O3+. The number of nitrogens with one attached hydrogen (secondary N) is 2. The summed E-state index contributed by atoms with van der Waals surface area (Å²) in [4.78, 5) is 38.2. The highest BCUT2D eigenvalue weighted by Gasteiger charge is 2.19. The molecule has 10 heteroatoms. The van der Waals surface area contributed by atoms with E-state index >= 15 is 0 Å². The molecule has 2 aromatic carbocycles. The number of anilines is 5. The van der Waals surface area contributed by atoms with Crippen molar-refractivity contribution in [3.63, 3.8) is 0 Å². The first kappa shape index (κ1) is 23.3. The van der Waals surface area contributed by atoms with Gasteiger partial charge < -0.3 is 20.3 Å². The number of aldehydes is 1. The van der Waals surface area contributed by atoms with Crippen LogP contribution >= 0.6 is 0 Å². The molecule has 0 fully saturated rings. The molecular weight excluding hydrogens is 446 g/mol. The van der Waals surface area contributed by atoms with E-state index in [9.17, 15) is 9.59 Å². The van der Waals surface area contributed by atoms with Crippen LogP contribution in [-0.2, 0) is 4.74 Å². The van der Waals surface area contributed by atoms with Crippen LogP contribution in [0, 0.1) is 0 Å². The summed E-state index contributed by atoms with van der Waals surface area (Å²) in [5, 5.41) is 6.30. The van der Waals surface area contributed by atoms with Crippen LogP contribution in [0.3, 0.4) is 0 Å². The molecule has 0 aliphatic carbocycles. The third-order valence-electron chi connectivity index (χ3n) is 5.05. The minimum absolute atomic E-state index is 0.303. The van der Waals surface area contributed by atoms with Gasteiger partial charge in [0.05, 0.1) is 25.1 Å². The van der Waals surface area contributed by atoms with Gasteiger partial charge in [0.25, 0.3) is 0 Å². The Morgan fingerprint density at radius 2 is 1.40 bits per heavy atom. The fourth-order valence-corrected chi connectivity index (χ4v) is 3.15. The number of aromatic nitrogens is 4. The molecule has 176 valence electrons. The summed E-state index contributed by atoms with van der Waals surface area (Å²) >= 11 is 0. The van der Waals surface area contributed by atoms with Crippen molar-refractivity contribution in [1.82, 2.24) is 15.0 Å². The number of pyridine rings is 1. The van der Waals surface area contributed by atoms with Gasteiger partial charge >= 0.3 is 23.8 Å². The van der Waals surface area contributed by atoms with Gasteiger partial charge in [-0.15, -0.1) is 4.98 Å². The van der Waals surface area contributed by atoms with Crippen LogP contribution in [-0.4, -0.2) is 48.4 Å². The third-order valence-corrected chi connectivity index (χ3v) is 5.05. The number of ether oxygens (including phenoxy) is 1. The van der Waals surface area contributed by atoms with Crippen molar-refractivity contribution >= 4 is 41.2 Å². The molecule has 0 aliphatic rings. The van der Waals surface area contributed by atoms with E-state index in [4.69, 9.17) is 4.74 Å². The van der Waals surface area contributed by atoms with E-state index in [1.54, 1.807) is 53.1 Å². The Bertz CT molecular complexity index is 1320. The average Bonchev–Trinajstić information content (AvgIpc) is 2.89.